The average Bonchev–Trinajstić information content (AvgIpc) is 2.77. The Labute approximate surface area is 121 Å². The van der Waals surface area contributed by atoms with Crippen LogP contribution in [0.1, 0.15) is 0 Å². The molecule has 7 heteroatoms. The van der Waals surface area contributed by atoms with Gasteiger partial charge in [-0.15, -0.1) is 10.2 Å². The van der Waals surface area contributed by atoms with Crippen LogP contribution in [0.5, 0.6) is 0 Å². The minimum atomic E-state index is 0.314. The van der Waals surface area contributed by atoms with Crippen LogP contribution in [0.25, 0.3) is 17.0 Å². The van der Waals surface area contributed by atoms with Crippen molar-refractivity contribution in [2.45, 2.75) is 0 Å². The fourth-order valence-corrected chi connectivity index (χ4v) is 2.43. The zero-order valence-electron chi connectivity index (χ0n) is 8.81. The highest BCUT2D eigenvalue weighted by molar-refractivity contribution is 9.10. The maximum atomic E-state index is 6.00. The van der Waals surface area contributed by atoms with Crippen LogP contribution in [0, 0.1) is 0 Å². The number of halogens is 3. The molecule has 3 aromatic rings. The normalized spacial score (nSPS) is 11.1. The van der Waals surface area contributed by atoms with E-state index in [0.29, 0.717) is 21.6 Å². The summed E-state index contributed by atoms with van der Waals surface area (Å²) in [5.41, 5.74) is 1.36. The van der Waals surface area contributed by atoms with E-state index in [0.717, 1.165) is 10.0 Å². The molecule has 2 heterocycles. The van der Waals surface area contributed by atoms with Crippen molar-refractivity contribution in [2.24, 2.45) is 0 Å². The van der Waals surface area contributed by atoms with Gasteiger partial charge in [0.25, 0.3) is 0 Å². The summed E-state index contributed by atoms with van der Waals surface area (Å²) < 4.78 is 2.65. The van der Waals surface area contributed by atoms with Crippen molar-refractivity contribution >= 4 is 44.8 Å². The van der Waals surface area contributed by atoms with E-state index in [9.17, 15) is 0 Å². The molecule has 0 fully saturated rings. The number of aromatic nitrogens is 4. The first-order valence-corrected chi connectivity index (χ1v) is 6.52. The van der Waals surface area contributed by atoms with Crippen molar-refractivity contribution in [1.82, 2.24) is 19.6 Å². The molecule has 4 nitrogen and oxygen atoms in total. The number of nitrogens with zero attached hydrogens (tertiary/aromatic N) is 4. The summed E-state index contributed by atoms with van der Waals surface area (Å²) in [4.78, 5) is 3.96. The first-order chi connectivity index (χ1) is 8.66. The molecule has 0 aliphatic rings. The predicted molar refractivity (Wildman–Crippen MR) is 73.9 cm³/mol. The van der Waals surface area contributed by atoms with Crippen LogP contribution in [0.4, 0.5) is 0 Å². The van der Waals surface area contributed by atoms with E-state index in [-0.39, 0.29) is 0 Å². The van der Waals surface area contributed by atoms with E-state index in [2.05, 4.69) is 31.1 Å². The van der Waals surface area contributed by atoms with Gasteiger partial charge in [-0.1, -0.05) is 39.1 Å². The van der Waals surface area contributed by atoms with Gasteiger partial charge >= 0.3 is 0 Å². The van der Waals surface area contributed by atoms with E-state index >= 15 is 0 Å². The summed E-state index contributed by atoms with van der Waals surface area (Å²) in [5.74, 6) is 0.656. The second-order valence-corrected chi connectivity index (χ2v) is 5.21. The monoisotopic (exact) mass is 342 g/mol. The first kappa shape index (κ1) is 11.9. The highest BCUT2D eigenvalue weighted by Crippen LogP contribution is 2.30. The number of rotatable bonds is 1. The Kier molecular flexibility index (Phi) is 2.97. The fourth-order valence-electron chi connectivity index (χ4n) is 1.65. The van der Waals surface area contributed by atoms with E-state index < -0.39 is 0 Å². The van der Waals surface area contributed by atoms with E-state index in [1.54, 1.807) is 22.9 Å². The summed E-state index contributed by atoms with van der Waals surface area (Å²) in [6.45, 7) is 0. The van der Waals surface area contributed by atoms with Gasteiger partial charge in [0.1, 0.15) is 0 Å². The minimum Gasteiger partial charge on any atom is -0.278 e. The lowest BCUT2D eigenvalue weighted by Crippen LogP contribution is -1.91. The lowest BCUT2D eigenvalue weighted by Gasteiger charge is -2.03. The zero-order chi connectivity index (χ0) is 12.7. The quantitative estimate of drug-likeness (QED) is 0.673. The highest BCUT2D eigenvalue weighted by Gasteiger charge is 2.13. The molecule has 0 amide bonds. The molecule has 2 aromatic heterocycles. The Morgan fingerprint density at radius 2 is 2.00 bits per heavy atom. The number of hydrogen-bond acceptors (Lipinski definition) is 3. The Morgan fingerprint density at radius 3 is 2.83 bits per heavy atom. The number of benzene rings is 1. The molecule has 0 aliphatic heterocycles. The van der Waals surface area contributed by atoms with Crippen LogP contribution in [0.2, 0.25) is 10.2 Å². The Bertz CT molecular complexity index is 741. The van der Waals surface area contributed by atoms with Gasteiger partial charge in [0.2, 0.25) is 0 Å². The fraction of sp³-hybridized carbons (Fsp3) is 0. The zero-order valence-corrected chi connectivity index (χ0v) is 11.9. The van der Waals surface area contributed by atoms with E-state index in [1.165, 1.54) is 0 Å². The van der Waals surface area contributed by atoms with Crippen LogP contribution >= 0.6 is 39.1 Å². The van der Waals surface area contributed by atoms with Crippen molar-refractivity contribution in [3.05, 3.63) is 45.2 Å². The summed E-state index contributed by atoms with van der Waals surface area (Å²) in [5, 5.41) is 9.09. The van der Waals surface area contributed by atoms with Gasteiger partial charge in [0, 0.05) is 27.5 Å². The molecule has 0 saturated carbocycles. The van der Waals surface area contributed by atoms with Crippen LogP contribution < -0.4 is 0 Å². The topological polar surface area (TPSA) is 43.1 Å². The molecule has 0 radical (unpaired) electrons. The molecule has 0 bridgehead atoms. The molecule has 18 heavy (non-hydrogen) atoms. The van der Waals surface area contributed by atoms with Crippen LogP contribution in [0.15, 0.2) is 35.1 Å². The third-order valence-corrected chi connectivity index (χ3v) is 3.65. The molecule has 0 atom stereocenters. The van der Waals surface area contributed by atoms with Gasteiger partial charge in [-0.05, 0) is 18.2 Å². The Morgan fingerprint density at radius 1 is 1.17 bits per heavy atom. The molecule has 1 aromatic carbocycles. The standard InChI is InChI=1S/C11H5BrCl2N4/c12-8-2-1-6(13)5-7(8)10-16-17-11-9(14)15-3-4-18(10)11/h1-5H. The third kappa shape index (κ3) is 1.88. The largest absolute Gasteiger partial charge is 0.278 e. The lowest BCUT2D eigenvalue weighted by molar-refractivity contribution is 1.11. The van der Waals surface area contributed by atoms with Gasteiger partial charge < -0.3 is 0 Å². The lowest BCUT2D eigenvalue weighted by atomic mass is 10.2. The van der Waals surface area contributed by atoms with Gasteiger partial charge in [0.15, 0.2) is 16.6 Å². The van der Waals surface area contributed by atoms with E-state index in [4.69, 9.17) is 23.2 Å². The Balaban J connectivity index is 2.32. The third-order valence-electron chi connectivity index (χ3n) is 2.45. The predicted octanol–water partition coefficient (Wildman–Crippen LogP) is 3.86. The van der Waals surface area contributed by atoms with Crippen molar-refractivity contribution in [3.8, 4) is 11.4 Å². The van der Waals surface area contributed by atoms with Crippen molar-refractivity contribution in [2.75, 3.05) is 0 Å². The molecule has 90 valence electrons. The smallest absolute Gasteiger partial charge is 0.198 e. The highest BCUT2D eigenvalue weighted by atomic mass is 79.9. The average molecular weight is 344 g/mol. The molecule has 0 N–H and O–H groups in total. The summed E-state index contributed by atoms with van der Waals surface area (Å²) >= 11 is 15.4. The molecule has 3 rings (SSSR count). The van der Waals surface area contributed by atoms with Crippen molar-refractivity contribution in [3.63, 3.8) is 0 Å². The minimum absolute atomic E-state index is 0.314. The van der Waals surface area contributed by atoms with Crippen molar-refractivity contribution < 1.29 is 0 Å². The molecule has 0 saturated heterocycles. The summed E-state index contributed by atoms with van der Waals surface area (Å²) in [7, 11) is 0. The molecule has 0 unspecified atom stereocenters. The van der Waals surface area contributed by atoms with Gasteiger partial charge in [-0.3, -0.25) is 4.40 Å². The van der Waals surface area contributed by atoms with Gasteiger partial charge in [-0.25, -0.2) is 4.98 Å². The molecular weight excluding hydrogens is 339 g/mol. The van der Waals surface area contributed by atoms with E-state index in [1.807, 2.05) is 12.1 Å². The number of hydrogen-bond donors (Lipinski definition) is 0. The van der Waals surface area contributed by atoms with Crippen LogP contribution in [-0.2, 0) is 0 Å². The summed E-state index contributed by atoms with van der Waals surface area (Å²) in [6.07, 6.45) is 3.35. The van der Waals surface area contributed by atoms with Gasteiger partial charge in [-0.2, -0.15) is 0 Å². The second kappa shape index (κ2) is 4.50. The molecule has 0 spiro atoms. The van der Waals surface area contributed by atoms with Gasteiger partial charge in [0.05, 0.1) is 0 Å². The number of fused-ring (bicyclic) bond motifs is 1. The maximum Gasteiger partial charge on any atom is 0.198 e. The first-order valence-electron chi connectivity index (χ1n) is 4.97. The molecular formula is C11H5BrCl2N4. The molecule has 0 aliphatic carbocycles. The van der Waals surface area contributed by atoms with Crippen LogP contribution in [-0.4, -0.2) is 19.6 Å². The van der Waals surface area contributed by atoms with Crippen LogP contribution in [0.3, 0.4) is 0 Å². The SMILES string of the molecule is Clc1ccc(Br)c(-c2nnc3c(Cl)nccn23)c1. The maximum absolute atomic E-state index is 6.00. The summed E-state index contributed by atoms with van der Waals surface area (Å²) in [6, 6.07) is 5.48. The van der Waals surface area contributed by atoms with Crippen molar-refractivity contribution in [1.29, 1.82) is 0 Å². The Hall–Kier alpha value is -1.17. The second-order valence-electron chi connectivity index (χ2n) is 3.56.